The van der Waals surface area contributed by atoms with E-state index in [-0.39, 0.29) is 11.8 Å². The van der Waals surface area contributed by atoms with Gasteiger partial charge in [-0.1, -0.05) is 49.7 Å². The van der Waals surface area contributed by atoms with Crippen LogP contribution >= 0.6 is 0 Å². The lowest BCUT2D eigenvalue weighted by molar-refractivity contribution is -0.124. The van der Waals surface area contributed by atoms with Gasteiger partial charge in [-0.2, -0.15) is 0 Å². The zero-order chi connectivity index (χ0) is 21.6. The maximum atomic E-state index is 12.7. The number of hydrazine groups is 1. The Morgan fingerprint density at radius 1 is 0.828 bits per heavy atom. The van der Waals surface area contributed by atoms with Gasteiger partial charge in [0.05, 0.1) is 0 Å². The van der Waals surface area contributed by atoms with Crippen molar-refractivity contribution in [1.82, 2.24) is 16.2 Å². The van der Waals surface area contributed by atoms with Gasteiger partial charge in [0.15, 0.2) is 0 Å². The molecule has 0 fully saturated rings. The summed E-state index contributed by atoms with van der Waals surface area (Å²) in [5.41, 5.74) is 8.61. The summed E-state index contributed by atoms with van der Waals surface area (Å²) in [7, 11) is 0. The van der Waals surface area contributed by atoms with E-state index in [1.807, 2.05) is 58.9 Å². The van der Waals surface area contributed by atoms with E-state index in [4.69, 9.17) is 0 Å². The van der Waals surface area contributed by atoms with Crippen LogP contribution in [0.5, 0.6) is 0 Å². The summed E-state index contributed by atoms with van der Waals surface area (Å²) in [5, 5.41) is 2.79. The van der Waals surface area contributed by atoms with Crippen LogP contribution in [0.3, 0.4) is 0 Å². The molecule has 2 rings (SSSR count). The van der Waals surface area contributed by atoms with E-state index in [0.717, 1.165) is 16.7 Å². The zero-order valence-electron chi connectivity index (χ0n) is 17.6. The first-order valence-corrected chi connectivity index (χ1v) is 9.73. The smallest absolute Gasteiger partial charge is 0.269 e. The molecule has 0 unspecified atom stereocenters. The highest BCUT2D eigenvalue weighted by atomic mass is 16.2. The fourth-order valence-electron chi connectivity index (χ4n) is 3.11. The van der Waals surface area contributed by atoms with Crippen LogP contribution in [0.15, 0.2) is 42.5 Å². The first-order chi connectivity index (χ1) is 13.7. The van der Waals surface area contributed by atoms with Crippen LogP contribution < -0.4 is 16.2 Å². The molecule has 2 aromatic rings. The van der Waals surface area contributed by atoms with Crippen molar-refractivity contribution in [2.45, 2.75) is 47.1 Å². The van der Waals surface area contributed by atoms with Crippen LogP contribution in [0.2, 0.25) is 0 Å². The van der Waals surface area contributed by atoms with Gasteiger partial charge < -0.3 is 5.32 Å². The summed E-state index contributed by atoms with van der Waals surface area (Å²) in [6, 6.07) is 11.9. The van der Waals surface area contributed by atoms with Crippen LogP contribution in [-0.2, 0) is 4.79 Å². The molecular weight excluding hydrogens is 366 g/mol. The van der Waals surface area contributed by atoms with Crippen LogP contribution in [0, 0.1) is 26.7 Å². The average molecular weight is 396 g/mol. The third kappa shape index (κ3) is 6.17. The summed E-state index contributed by atoms with van der Waals surface area (Å²) in [5.74, 6) is -0.995. The van der Waals surface area contributed by atoms with Crippen molar-refractivity contribution in [3.63, 3.8) is 0 Å². The lowest BCUT2D eigenvalue weighted by atomic mass is 10.0. The molecule has 0 heterocycles. The second-order valence-corrected chi connectivity index (χ2v) is 7.73. The molecule has 0 aliphatic carbocycles. The largest absolute Gasteiger partial charge is 0.340 e. The average Bonchev–Trinajstić information content (AvgIpc) is 2.65. The number of aryl methyl sites for hydroxylation is 3. The van der Waals surface area contributed by atoms with Gasteiger partial charge in [-0.15, -0.1) is 0 Å². The fraction of sp³-hybridized carbons (Fsp3) is 0.348. The summed E-state index contributed by atoms with van der Waals surface area (Å²) in [4.78, 5) is 37.7. The van der Waals surface area contributed by atoms with Gasteiger partial charge in [-0.3, -0.25) is 25.2 Å². The second kappa shape index (κ2) is 9.87. The minimum absolute atomic E-state index is 0.179. The molecule has 0 radical (unpaired) electrons. The van der Waals surface area contributed by atoms with Crippen molar-refractivity contribution >= 4 is 17.7 Å². The van der Waals surface area contributed by atoms with Gasteiger partial charge in [0.1, 0.15) is 6.04 Å². The molecule has 154 valence electrons. The molecule has 2 aromatic carbocycles. The number of nitrogens with one attached hydrogen (secondary N) is 3. The molecular formula is C23H29N3O3. The number of hydrogen-bond donors (Lipinski definition) is 3. The number of rotatable bonds is 6. The molecule has 0 bridgehead atoms. The third-order valence-corrected chi connectivity index (χ3v) is 4.64. The Kier molecular flexibility index (Phi) is 7.53. The Morgan fingerprint density at radius 3 is 2.10 bits per heavy atom. The number of carbonyl (C=O) groups excluding carboxylic acids is 3. The summed E-state index contributed by atoms with van der Waals surface area (Å²) in [6.07, 6.45) is 0.447. The Hall–Kier alpha value is -3.15. The predicted molar refractivity (Wildman–Crippen MR) is 113 cm³/mol. The van der Waals surface area contributed by atoms with Gasteiger partial charge >= 0.3 is 0 Å². The highest BCUT2D eigenvalue weighted by Crippen LogP contribution is 2.11. The first-order valence-electron chi connectivity index (χ1n) is 9.73. The minimum atomic E-state index is -0.762. The molecule has 29 heavy (non-hydrogen) atoms. The van der Waals surface area contributed by atoms with Crippen molar-refractivity contribution in [2.75, 3.05) is 0 Å². The number of amides is 3. The van der Waals surface area contributed by atoms with Crippen molar-refractivity contribution in [1.29, 1.82) is 0 Å². The normalized spacial score (nSPS) is 11.7. The molecule has 0 saturated carbocycles. The van der Waals surface area contributed by atoms with Gasteiger partial charge in [0.25, 0.3) is 17.7 Å². The van der Waals surface area contributed by atoms with E-state index >= 15 is 0 Å². The summed E-state index contributed by atoms with van der Waals surface area (Å²) < 4.78 is 0. The van der Waals surface area contributed by atoms with Gasteiger partial charge in [0.2, 0.25) is 0 Å². The van der Waals surface area contributed by atoms with E-state index in [2.05, 4.69) is 16.2 Å². The Morgan fingerprint density at radius 2 is 1.48 bits per heavy atom. The highest BCUT2D eigenvalue weighted by Gasteiger charge is 2.23. The minimum Gasteiger partial charge on any atom is -0.340 e. The molecule has 0 aliphatic rings. The molecule has 6 nitrogen and oxygen atoms in total. The first kappa shape index (κ1) is 22.1. The number of hydrogen-bond acceptors (Lipinski definition) is 3. The maximum Gasteiger partial charge on any atom is 0.269 e. The maximum absolute atomic E-state index is 12.7. The SMILES string of the molecule is Cc1ccc(C(=O)NNC(=O)[C@H](CC(C)C)NC(=O)c2ccccc2C)c(C)c1. The summed E-state index contributed by atoms with van der Waals surface area (Å²) in [6.45, 7) is 9.57. The molecule has 0 aromatic heterocycles. The van der Waals surface area contributed by atoms with Crippen LogP contribution in [0.1, 0.15) is 57.7 Å². The van der Waals surface area contributed by atoms with E-state index in [1.165, 1.54) is 0 Å². The van der Waals surface area contributed by atoms with Gasteiger partial charge in [-0.05, 0) is 56.4 Å². The standard InChI is InChI=1S/C23H29N3O3/c1-14(2)12-20(24-21(27)18-9-7-6-8-16(18)4)23(29)26-25-22(28)19-11-10-15(3)13-17(19)5/h6-11,13-14,20H,12H2,1-5H3,(H,24,27)(H,25,28)(H,26,29)/t20-/m0/s1. The van der Waals surface area contributed by atoms with Gasteiger partial charge in [-0.25, -0.2) is 0 Å². The van der Waals surface area contributed by atoms with Crippen molar-refractivity contribution < 1.29 is 14.4 Å². The van der Waals surface area contributed by atoms with Crippen LogP contribution in [-0.4, -0.2) is 23.8 Å². The van der Waals surface area contributed by atoms with Crippen molar-refractivity contribution in [3.8, 4) is 0 Å². The lowest BCUT2D eigenvalue weighted by Gasteiger charge is -2.21. The van der Waals surface area contributed by atoms with E-state index in [0.29, 0.717) is 17.5 Å². The fourth-order valence-corrected chi connectivity index (χ4v) is 3.11. The summed E-state index contributed by atoms with van der Waals surface area (Å²) >= 11 is 0. The molecule has 0 aliphatic heterocycles. The van der Waals surface area contributed by atoms with Crippen molar-refractivity contribution in [3.05, 3.63) is 70.3 Å². The third-order valence-electron chi connectivity index (χ3n) is 4.64. The van der Waals surface area contributed by atoms with Gasteiger partial charge in [0, 0.05) is 11.1 Å². The van der Waals surface area contributed by atoms with E-state index in [9.17, 15) is 14.4 Å². The van der Waals surface area contributed by atoms with Crippen LogP contribution in [0.4, 0.5) is 0 Å². The molecule has 1 atom stereocenters. The van der Waals surface area contributed by atoms with E-state index in [1.54, 1.807) is 18.2 Å². The number of carbonyl (C=O) groups is 3. The topological polar surface area (TPSA) is 87.3 Å². The molecule has 6 heteroatoms. The monoisotopic (exact) mass is 395 g/mol. The van der Waals surface area contributed by atoms with Crippen LogP contribution in [0.25, 0.3) is 0 Å². The zero-order valence-corrected chi connectivity index (χ0v) is 17.6. The molecule has 3 amide bonds. The molecule has 0 saturated heterocycles. The molecule has 0 spiro atoms. The quantitative estimate of drug-likeness (QED) is 0.657. The molecule has 3 N–H and O–H groups in total. The second-order valence-electron chi connectivity index (χ2n) is 7.73. The Labute approximate surface area is 172 Å². The Balaban J connectivity index is 2.05. The van der Waals surface area contributed by atoms with Crippen molar-refractivity contribution in [2.24, 2.45) is 5.92 Å². The van der Waals surface area contributed by atoms with E-state index < -0.39 is 17.9 Å². The lowest BCUT2D eigenvalue weighted by Crippen LogP contribution is -2.52. The Bertz CT molecular complexity index is 906. The number of benzene rings is 2. The predicted octanol–water partition coefficient (Wildman–Crippen LogP) is 3.22. The highest BCUT2D eigenvalue weighted by molar-refractivity contribution is 6.00.